The predicted octanol–water partition coefficient (Wildman–Crippen LogP) is 5.59. The summed E-state index contributed by atoms with van der Waals surface area (Å²) in [4.78, 5) is 83.6. The number of imidazole rings is 2. The fourth-order valence-corrected chi connectivity index (χ4v) is 7.75. The Hall–Kier alpha value is -6.68. The van der Waals surface area contributed by atoms with Crippen LogP contribution < -0.4 is 5.32 Å². The molecule has 0 bridgehead atoms. The van der Waals surface area contributed by atoms with E-state index in [0.29, 0.717) is 54.4 Å². The molecule has 0 unspecified atom stereocenters. The molecule has 2 fully saturated rings. The van der Waals surface area contributed by atoms with Crippen molar-refractivity contribution in [3.05, 3.63) is 119 Å². The molecule has 2 aliphatic rings. The molecule has 0 aliphatic carbocycles. The molecule has 16 nitrogen and oxygen atoms in total. The van der Waals surface area contributed by atoms with Crippen molar-refractivity contribution < 1.29 is 28.9 Å². The zero-order valence-corrected chi connectivity index (χ0v) is 31.5. The number of hydrogen-bond acceptors (Lipinski definition) is 11. The third kappa shape index (κ3) is 7.89. The lowest BCUT2D eigenvalue weighted by atomic mass is 10.1. The molecule has 4 aromatic heterocycles. The normalized spacial score (nSPS) is 18.0. The van der Waals surface area contributed by atoms with Gasteiger partial charge in [-0.05, 0) is 60.6 Å². The maximum atomic E-state index is 13.9. The van der Waals surface area contributed by atoms with Gasteiger partial charge < -0.3 is 34.7 Å². The van der Waals surface area contributed by atoms with E-state index in [1.54, 1.807) is 11.1 Å². The van der Waals surface area contributed by atoms with Gasteiger partial charge in [-0.3, -0.25) is 9.59 Å². The number of amides is 3. The van der Waals surface area contributed by atoms with Gasteiger partial charge in [0.2, 0.25) is 6.40 Å². The van der Waals surface area contributed by atoms with Crippen LogP contribution in [0.1, 0.15) is 83.9 Å². The van der Waals surface area contributed by atoms with Crippen LogP contribution in [-0.4, -0.2) is 91.3 Å². The van der Waals surface area contributed by atoms with E-state index in [4.69, 9.17) is 24.6 Å². The Morgan fingerprint density at radius 3 is 2.16 bits per heavy atom. The van der Waals surface area contributed by atoms with Gasteiger partial charge >= 0.3 is 6.09 Å². The van der Waals surface area contributed by atoms with Crippen molar-refractivity contribution in [3.8, 4) is 0 Å². The summed E-state index contributed by atoms with van der Waals surface area (Å²) >= 11 is 0. The SMILES string of the molecule is COOC=N[C@@H](C(=O)N1CCC[C@H]1c1nc2ncc(Cc3ccc4[nH]c([C@@H]5CCCN5C(=O)[C@@H](NC(=O)OC)c5ccccc5)nc4n3)cc2[nH]1)c1ccccc1. The molecule has 3 N–H and O–H groups in total. The number of ether oxygens (including phenoxy) is 1. The molecule has 6 heterocycles. The van der Waals surface area contributed by atoms with Crippen molar-refractivity contribution in [1.29, 1.82) is 0 Å². The van der Waals surface area contributed by atoms with Gasteiger partial charge in [-0.15, -0.1) is 0 Å². The first-order valence-corrected chi connectivity index (χ1v) is 18.9. The average Bonchev–Trinajstić information content (AvgIpc) is 4.07. The van der Waals surface area contributed by atoms with Crippen LogP contribution in [-0.2, 0) is 30.5 Å². The average molecular weight is 771 g/mol. The molecular weight excluding hydrogens is 729 g/mol. The largest absolute Gasteiger partial charge is 0.453 e. The number of aliphatic imine (C=N–C) groups is 1. The molecule has 0 saturated carbocycles. The van der Waals surface area contributed by atoms with Gasteiger partial charge in [-0.2, -0.15) is 4.89 Å². The van der Waals surface area contributed by atoms with Crippen molar-refractivity contribution in [2.24, 2.45) is 4.99 Å². The number of benzene rings is 2. The minimum absolute atomic E-state index is 0.157. The molecule has 0 radical (unpaired) electrons. The van der Waals surface area contributed by atoms with Gasteiger partial charge in [-0.25, -0.2) is 29.7 Å². The summed E-state index contributed by atoms with van der Waals surface area (Å²) in [7, 11) is 2.65. The van der Waals surface area contributed by atoms with Gasteiger partial charge in [-0.1, -0.05) is 60.7 Å². The number of pyridine rings is 2. The summed E-state index contributed by atoms with van der Waals surface area (Å²) in [5, 5.41) is 2.70. The summed E-state index contributed by atoms with van der Waals surface area (Å²) in [5.41, 5.74) is 5.76. The topological polar surface area (TPSA) is 193 Å². The number of H-pyrrole nitrogens is 2. The van der Waals surface area contributed by atoms with E-state index in [2.05, 4.69) is 30.1 Å². The Morgan fingerprint density at radius 1 is 0.825 bits per heavy atom. The van der Waals surface area contributed by atoms with Crippen LogP contribution in [0.3, 0.4) is 0 Å². The Balaban J connectivity index is 0.982. The van der Waals surface area contributed by atoms with E-state index >= 15 is 0 Å². The number of likely N-dealkylation sites (tertiary alicyclic amines) is 2. The molecule has 3 amide bonds. The first-order chi connectivity index (χ1) is 27.9. The Kier molecular flexibility index (Phi) is 10.8. The van der Waals surface area contributed by atoms with E-state index < -0.39 is 18.2 Å². The summed E-state index contributed by atoms with van der Waals surface area (Å²) in [6, 6.07) is 22.1. The molecular formula is C41H42N10O6. The van der Waals surface area contributed by atoms with Gasteiger partial charge in [0.1, 0.15) is 17.7 Å². The van der Waals surface area contributed by atoms with E-state index in [1.807, 2.05) is 83.8 Å². The summed E-state index contributed by atoms with van der Waals surface area (Å²) in [6.07, 6.45) is 5.82. The monoisotopic (exact) mass is 770 g/mol. The summed E-state index contributed by atoms with van der Waals surface area (Å²) in [6.45, 7) is 1.10. The second-order valence-electron chi connectivity index (χ2n) is 14.0. The molecule has 57 heavy (non-hydrogen) atoms. The number of aromatic nitrogens is 6. The number of nitrogens with zero attached hydrogens (tertiary/aromatic N) is 7. The fraction of sp³-hybridized carbons (Fsp3) is 0.317. The van der Waals surface area contributed by atoms with E-state index in [0.717, 1.165) is 53.5 Å². The smallest absolute Gasteiger partial charge is 0.407 e. The zero-order valence-electron chi connectivity index (χ0n) is 31.5. The van der Waals surface area contributed by atoms with E-state index in [9.17, 15) is 14.4 Å². The van der Waals surface area contributed by atoms with Crippen LogP contribution in [0.2, 0.25) is 0 Å². The molecule has 292 valence electrons. The number of alkyl carbamates (subject to hydrolysis) is 1. The molecule has 2 aromatic carbocycles. The Labute approximate surface area is 327 Å². The second-order valence-corrected chi connectivity index (χ2v) is 14.0. The first kappa shape index (κ1) is 37.3. The van der Waals surface area contributed by atoms with Crippen LogP contribution in [0.4, 0.5) is 4.79 Å². The van der Waals surface area contributed by atoms with Crippen LogP contribution >= 0.6 is 0 Å². The second kappa shape index (κ2) is 16.6. The van der Waals surface area contributed by atoms with E-state index in [1.165, 1.54) is 14.2 Å². The van der Waals surface area contributed by atoms with Crippen molar-refractivity contribution >= 4 is 46.6 Å². The number of carbonyl (C=O) groups is 3. The van der Waals surface area contributed by atoms with Crippen LogP contribution in [0.25, 0.3) is 22.3 Å². The molecule has 0 spiro atoms. The number of fused-ring (bicyclic) bond motifs is 2. The summed E-state index contributed by atoms with van der Waals surface area (Å²) in [5.74, 6) is 0.918. The highest BCUT2D eigenvalue weighted by atomic mass is 17.2. The highest BCUT2D eigenvalue weighted by Gasteiger charge is 2.38. The molecule has 6 aromatic rings. The standard InChI is InChI=1S/C41H42N10O6/c1-55-41(54)47-34(27-13-7-4-8-14-27)40(53)51-20-10-15-31(51)37-45-29-18-17-28(44-36(29)49-37)21-25-22-30-35(42-23-25)48-38(46-30)32-16-9-19-50(32)39(52)33(43-24-57-56-2)26-11-5-3-6-12-26/h3-8,11-14,17-18,22-24,31-34H,9-10,15-16,19-21H2,1-2H3,(H,47,54)(H,42,46,48)(H,44,45,49)/t31-,32-,33+,34-/m0/s1. The lowest BCUT2D eigenvalue weighted by molar-refractivity contribution is -0.188. The van der Waals surface area contributed by atoms with E-state index in [-0.39, 0.29) is 23.9 Å². The van der Waals surface area contributed by atoms with Crippen LogP contribution in [0.15, 0.2) is 90.1 Å². The third-order valence-electron chi connectivity index (χ3n) is 10.4. The van der Waals surface area contributed by atoms with Gasteiger partial charge in [0.25, 0.3) is 11.8 Å². The lowest BCUT2D eigenvalue weighted by Crippen LogP contribution is -2.42. The minimum Gasteiger partial charge on any atom is -0.453 e. The number of rotatable bonds is 12. The quantitative estimate of drug-likeness (QED) is 0.0612. The Morgan fingerprint density at radius 2 is 1.47 bits per heavy atom. The van der Waals surface area contributed by atoms with Crippen LogP contribution in [0.5, 0.6) is 0 Å². The maximum absolute atomic E-state index is 13.9. The minimum atomic E-state index is -0.904. The predicted molar refractivity (Wildman–Crippen MR) is 208 cm³/mol. The number of hydrogen-bond donors (Lipinski definition) is 3. The van der Waals surface area contributed by atoms with Crippen LogP contribution in [0, 0.1) is 0 Å². The van der Waals surface area contributed by atoms with Crippen molar-refractivity contribution in [2.75, 3.05) is 27.3 Å². The number of nitrogens with one attached hydrogen (secondary N) is 3. The Bertz CT molecular complexity index is 2400. The highest BCUT2D eigenvalue weighted by molar-refractivity contribution is 5.88. The van der Waals surface area contributed by atoms with Crippen molar-refractivity contribution in [1.82, 2.24) is 45.0 Å². The molecule has 16 heteroatoms. The van der Waals surface area contributed by atoms with Gasteiger partial charge in [0.15, 0.2) is 17.3 Å². The highest BCUT2D eigenvalue weighted by Crippen LogP contribution is 2.36. The number of methoxy groups -OCH3 is 1. The molecule has 8 rings (SSSR count). The van der Waals surface area contributed by atoms with Crippen molar-refractivity contribution in [2.45, 2.75) is 56.3 Å². The fourth-order valence-electron chi connectivity index (χ4n) is 7.75. The maximum Gasteiger partial charge on any atom is 0.407 e. The molecule has 2 saturated heterocycles. The van der Waals surface area contributed by atoms with Gasteiger partial charge in [0.05, 0.1) is 37.3 Å². The number of aromatic amines is 2. The lowest BCUT2D eigenvalue weighted by Gasteiger charge is -2.28. The van der Waals surface area contributed by atoms with Gasteiger partial charge in [0, 0.05) is 31.4 Å². The summed E-state index contributed by atoms with van der Waals surface area (Å²) < 4.78 is 4.83. The number of carbonyl (C=O) groups excluding carboxylic acids is 3. The zero-order chi connectivity index (χ0) is 39.3. The molecule has 4 atom stereocenters. The van der Waals surface area contributed by atoms with Crippen molar-refractivity contribution in [3.63, 3.8) is 0 Å². The third-order valence-corrected chi connectivity index (χ3v) is 10.4. The molecule has 2 aliphatic heterocycles. The first-order valence-electron chi connectivity index (χ1n) is 18.9.